The maximum absolute atomic E-state index is 12.8. The molecule has 8 nitrogen and oxygen atoms in total. The summed E-state index contributed by atoms with van der Waals surface area (Å²) in [6.07, 6.45) is 3.66. The molecule has 0 radical (unpaired) electrons. The molecule has 0 amide bonds. The maximum atomic E-state index is 12.8. The number of aromatic nitrogens is 2. The summed E-state index contributed by atoms with van der Waals surface area (Å²) in [5.41, 5.74) is -0.958. The molecule has 1 saturated heterocycles. The van der Waals surface area contributed by atoms with Crippen LogP contribution in [0, 0.1) is 19.3 Å². The third kappa shape index (κ3) is 3.36. The highest BCUT2D eigenvalue weighted by Gasteiger charge is 2.36. The molecule has 0 spiro atoms. The van der Waals surface area contributed by atoms with E-state index < -0.39 is 42.2 Å². The zero-order chi connectivity index (χ0) is 19.7. The van der Waals surface area contributed by atoms with E-state index in [4.69, 9.17) is 11.2 Å². The van der Waals surface area contributed by atoms with Crippen LogP contribution in [0.2, 0.25) is 0 Å². The summed E-state index contributed by atoms with van der Waals surface area (Å²) in [6.45, 7) is 1.41. The molecular formula is C19H18N2O6. The Kier molecular flexibility index (Phi) is 5.10. The molecule has 1 unspecified atom stereocenters. The molecule has 0 bridgehead atoms. The number of ether oxygens (including phenoxy) is 1. The molecule has 1 fully saturated rings. The highest BCUT2D eigenvalue weighted by Crippen LogP contribution is 2.27. The largest absolute Gasteiger partial charge is 0.394 e. The third-order valence-electron chi connectivity index (χ3n) is 4.47. The normalized spacial score (nSPS) is 21.8. The Bertz CT molecular complexity index is 1030. The van der Waals surface area contributed by atoms with Crippen LogP contribution in [-0.4, -0.2) is 44.1 Å². The highest BCUT2D eigenvalue weighted by atomic mass is 16.5. The molecule has 1 aliphatic heterocycles. The number of aliphatic hydroxyl groups excluding tert-OH is 2. The van der Waals surface area contributed by atoms with Gasteiger partial charge in [-0.3, -0.25) is 14.2 Å². The minimum atomic E-state index is -0.991. The van der Waals surface area contributed by atoms with Gasteiger partial charge in [0.05, 0.1) is 12.7 Å². The predicted molar refractivity (Wildman–Crippen MR) is 95.4 cm³/mol. The molecule has 2 N–H and O–H groups in total. The van der Waals surface area contributed by atoms with Crippen LogP contribution in [0.1, 0.15) is 34.1 Å². The smallest absolute Gasteiger partial charge is 0.340 e. The lowest BCUT2D eigenvalue weighted by molar-refractivity contribution is -0.0462. The Morgan fingerprint density at radius 2 is 2.00 bits per heavy atom. The summed E-state index contributed by atoms with van der Waals surface area (Å²) < 4.78 is 6.91. The van der Waals surface area contributed by atoms with Crippen molar-refractivity contribution in [1.29, 1.82) is 0 Å². The first kappa shape index (κ1) is 18.8. The number of carbonyl (C=O) groups excluding carboxylic acids is 1. The molecule has 1 aliphatic rings. The number of aliphatic hydroxyl groups is 2. The number of terminal acetylenes is 1. The van der Waals surface area contributed by atoms with Gasteiger partial charge in [-0.25, -0.2) is 4.79 Å². The van der Waals surface area contributed by atoms with Crippen LogP contribution in [-0.2, 0) is 4.74 Å². The predicted octanol–water partition coefficient (Wildman–Crippen LogP) is -0.371. The number of nitrogens with zero attached hydrogens (tertiary/aromatic N) is 2. The SMILES string of the molecule is C#Cc1cn([C@@H]2CC(O)[C@H](CO)O2)c(=O)n(C(=O)c2ccc(C)cc2)c1=O. The molecule has 0 saturated carbocycles. The topological polar surface area (TPSA) is 111 Å². The van der Waals surface area contributed by atoms with Crippen LogP contribution >= 0.6 is 0 Å². The van der Waals surface area contributed by atoms with Gasteiger partial charge in [0, 0.05) is 18.2 Å². The van der Waals surface area contributed by atoms with E-state index in [-0.39, 0.29) is 17.5 Å². The average Bonchev–Trinajstić information content (AvgIpc) is 3.03. The standard InChI is InChI=1S/C19H18N2O6/c1-3-12-9-20(16-8-14(23)15(10-22)27-16)19(26)21(17(12)24)18(25)13-6-4-11(2)5-7-13/h1,4-7,9,14-16,22-23H,8,10H2,2H3/t14?,15-,16-/m0/s1. The molecule has 3 atom stereocenters. The van der Waals surface area contributed by atoms with E-state index in [0.29, 0.717) is 4.57 Å². The molecule has 8 heteroatoms. The van der Waals surface area contributed by atoms with E-state index in [9.17, 15) is 24.6 Å². The Morgan fingerprint density at radius 3 is 2.56 bits per heavy atom. The first-order chi connectivity index (χ1) is 12.9. The van der Waals surface area contributed by atoms with Gasteiger partial charge < -0.3 is 14.9 Å². The molecule has 0 aliphatic carbocycles. The van der Waals surface area contributed by atoms with Gasteiger partial charge in [0.2, 0.25) is 0 Å². The zero-order valence-electron chi connectivity index (χ0n) is 14.5. The highest BCUT2D eigenvalue weighted by molar-refractivity contribution is 5.95. The summed E-state index contributed by atoms with van der Waals surface area (Å²) in [5.74, 6) is 1.35. The first-order valence-corrected chi connectivity index (χ1v) is 8.28. The Balaban J connectivity index is 2.13. The second-order valence-corrected chi connectivity index (χ2v) is 6.30. The van der Waals surface area contributed by atoms with Crippen molar-refractivity contribution in [3.63, 3.8) is 0 Å². The van der Waals surface area contributed by atoms with E-state index in [1.165, 1.54) is 12.1 Å². The van der Waals surface area contributed by atoms with Crippen molar-refractivity contribution < 1.29 is 19.7 Å². The van der Waals surface area contributed by atoms with Gasteiger partial charge in [-0.1, -0.05) is 23.6 Å². The van der Waals surface area contributed by atoms with Crippen molar-refractivity contribution in [2.24, 2.45) is 0 Å². The summed E-state index contributed by atoms with van der Waals surface area (Å²) in [7, 11) is 0. The second kappa shape index (κ2) is 7.32. The number of rotatable bonds is 3. The van der Waals surface area contributed by atoms with Gasteiger partial charge in [-0.2, -0.15) is 4.57 Å². The molecule has 140 valence electrons. The summed E-state index contributed by atoms with van der Waals surface area (Å²) in [4.78, 5) is 38.1. The summed E-state index contributed by atoms with van der Waals surface area (Å²) in [5, 5.41) is 19.1. The average molecular weight is 370 g/mol. The minimum Gasteiger partial charge on any atom is -0.394 e. The molecule has 27 heavy (non-hydrogen) atoms. The minimum absolute atomic E-state index is 0.00602. The number of carbonyl (C=O) groups is 1. The van der Waals surface area contributed by atoms with Crippen LogP contribution < -0.4 is 11.2 Å². The summed E-state index contributed by atoms with van der Waals surface area (Å²) in [6, 6.07) is 6.39. The number of hydrogen-bond acceptors (Lipinski definition) is 6. The van der Waals surface area contributed by atoms with Crippen molar-refractivity contribution in [2.45, 2.75) is 31.8 Å². The molecule has 2 heterocycles. The molecular weight excluding hydrogens is 352 g/mol. The molecule has 1 aromatic carbocycles. The van der Waals surface area contributed by atoms with Gasteiger partial charge in [0.25, 0.3) is 11.5 Å². The maximum Gasteiger partial charge on any atom is 0.340 e. The van der Waals surface area contributed by atoms with Gasteiger partial charge >= 0.3 is 5.69 Å². The van der Waals surface area contributed by atoms with Crippen molar-refractivity contribution in [1.82, 2.24) is 9.13 Å². The van der Waals surface area contributed by atoms with Crippen LogP contribution in [0.3, 0.4) is 0 Å². The number of aryl methyl sites for hydroxylation is 1. The van der Waals surface area contributed by atoms with Gasteiger partial charge in [0.1, 0.15) is 17.9 Å². The van der Waals surface area contributed by atoms with E-state index in [1.54, 1.807) is 12.1 Å². The van der Waals surface area contributed by atoms with Crippen molar-refractivity contribution in [3.05, 3.63) is 68.0 Å². The quantitative estimate of drug-likeness (QED) is 0.713. The lowest BCUT2D eigenvalue weighted by atomic mass is 10.1. The van der Waals surface area contributed by atoms with E-state index in [0.717, 1.165) is 16.3 Å². The van der Waals surface area contributed by atoms with Gasteiger partial charge in [0.15, 0.2) is 0 Å². The first-order valence-electron chi connectivity index (χ1n) is 8.28. The fraction of sp³-hybridized carbons (Fsp3) is 0.316. The summed E-state index contributed by atoms with van der Waals surface area (Å²) >= 11 is 0. The van der Waals surface area contributed by atoms with Crippen LogP contribution in [0.5, 0.6) is 0 Å². The third-order valence-corrected chi connectivity index (χ3v) is 4.47. The van der Waals surface area contributed by atoms with Gasteiger partial charge in [-0.15, -0.1) is 6.42 Å². The van der Waals surface area contributed by atoms with E-state index >= 15 is 0 Å². The monoisotopic (exact) mass is 370 g/mol. The van der Waals surface area contributed by atoms with Crippen molar-refractivity contribution >= 4 is 5.91 Å². The van der Waals surface area contributed by atoms with Crippen LogP contribution in [0.15, 0.2) is 40.1 Å². The van der Waals surface area contributed by atoms with Crippen LogP contribution in [0.4, 0.5) is 0 Å². The molecule has 2 aromatic rings. The lowest BCUT2D eigenvalue weighted by Gasteiger charge is -2.16. The Labute approximate surface area is 154 Å². The Morgan fingerprint density at radius 1 is 1.33 bits per heavy atom. The fourth-order valence-corrected chi connectivity index (χ4v) is 2.93. The van der Waals surface area contributed by atoms with E-state index in [2.05, 4.69) is 5.92 Å². The molecule has 3 rings (SSSR count). The fourth-order valence-electron chi connectivity index (χ4n) is 2.93. The molecule has 1 aromatic heterocycles. The van der Waals surface area contributed by atoms with Crippen LogP contribution in [0.25, 0.3) is 0 Å². The zero-order valence-corrected chi connectivity index (χ0v) is 14.5. The van der Waals surface area contributed by atoms with Crippen molar-refractivity contribution in [2.75, 3.05) is 6.61 Å². The van der Waals surface area contributed by atoms with Gasteiger partial charge in [-0.05, 0) is 19.1 Å². The lowest BCUT2D eigenvalue weighted by Crippen LogP contribution is -2.45. The van der Waals surface area contributed by atoms with E-state index in [1.807, 2.05) is 6.92 Å². The second-order valence-electron chi connectivity index (χ2n) is 6.30. The number of hydrogen-bond donors (Lipinski definition) is 2. The Hall–Kier alpha value is -2.99. The number of benzene rings is 1. The van der Waals surface area contributed by atoms with Crippen molar-refractivity contribution in [3.8, 4) is 12.3 Å².